The van der Waals surface area contributed by atoms with Crippen LogP contribution in [0.2, 0.25) is 0 Å². The van der Waals surface area contributed by atoms with Crippen LogP contribution in [0, 0.1) is 11.8 Å². The van der Waals surface area contributed by atoms with Crippen LogP contribution < -0.4 is 0 Å². The molecule has 0 amide bonds. The van der Waals surface area contributed by atoms with E-state index in [1.807, 2.05) is 0 Å². The van der Waals surface area contributed by atoms with Gasteiger partial charge in [-0.3, -0.25) is 0 Å². The fraction of sp³-hybridized carbons (Fsp3) is 0.875. The van der Waals surface area contributed by atoms with Crippen molar-refractivity contribution in [3.05, 3.63) is 0 Å². The van der Waals surface area contributed by atoms with Crippen molar-refractivity contribution in [1.82, 2.24) is 4.90 Å². The molecule has 0 N–H and O–H groups in total. The lowest BCUT2D eigenvalue weighted by atomic mass is 9.72. The predicted octanol–water partition coefficient (Wildman–Crippen LogP) is 0.0233. The number of carbonyl (C=O) groups excluding carboxylic acids is 1. The highest BCUT2D eigenvalue weighted by atomic mass is 16.1. The summed E-state index contributed by atoms with van der Waals surface area (Å²) in [6, 6.07) is 0. The Morgan fingerprint density at radius 1 is 1.36 bits per heavy atom. The predicted molar refractivity (Wildman–Crippen MR) is 43.4 cm³/mol. The standard InChI is InChI=1S/C8H12BNO/c9-8(11)7-5-10-3-1-6(7)2-4-10/h6-7H,1-5H2. The van der Waals surface area contributed by atoms with Crippen molar-refractivity contribution < 1.29 is 4.79 Å². The maximum Gasteiger partial charge on any atom is 0.168 e. The van der Waals surface area contributed by atoms with E-state index in [1.165, 1.54) is 25.9 Å². The van der Waals surface area contributed by atoms with Crippen molar-refractivity contribution >= 4 is 13.5 Å². The topological polar surface area (TPSA) is 20.3 Å². The highest BCUT2D eigenvalue weighted by Gasteiger charge is 2.35. The number of piperidine rings is 3. The molecule has 0 aromatic rings. The van der Waals surface area contributed by atoms with Gasteiger partial charge >= 0.3 is 0 Å². The Balaban J connectivity index is 2.08. The Bertz CT molecular complexity index is 175. The van der Waals surface area contributed by atoms with Crippen molar-refractivity contribution in [3.63, 3.8) is 0 Å². The van der Waals surface area contributed by atoms with Crippen LogP contribution >= 0.6 is 0 Å². The highest BCUT2D eigenvalue weighted by molar-refractivity contribution is 6.58. The monoisotopic (exact) mass is 149 g/mol. The van der Waals surface area contributed by atoms with Crippen LogP contribution in [0.5, 0.6) is 0 Å². The maximum atomic E-state index is 10.9. The van der Waals surface area contributed by atoms with E-state index in [0.29, 0.717) is 5.92 Å². The molecule has 3 heterocycles. The first-order valence-corrected chi connectivity index (χ1v) is 4.29. The van der Waals surface area contributed by atoms with Crippen molar-refractivity contribution in [3.8, 4) is 0 Å². The molecule has 3 aliphatic heterocycles. The zero-order valence-corrected chi connectivity index (χ0v) is 6.62. The average molecular weight is 149 g/mol. The third-order valence-corrected chi connectivity index (χ3v) is 3.02. The van der Waals surface area contributed by atoms with E-state index in [-0.39, 0.29) is 11.6 Å². The molecular weight excluding hydrogens is 137 g/mol. The second-order valence-corrected chi connectivity index (χ2v) is 3.65. The first-order valence-electron chi connectivity index (χ1n) is 4.29. The largest absolute Gasteiger partial charge is 0.312 e. The van der Waals surface area contributed by atoms with E-state index in [4.69, 9.17) is 7.85 Å². The minimum Gasteiger partial charge on any atom is -0.312 e. The van der Waals surface area contributed by atoms with Gasteiger partial charge in [0, 0.05) is 12.5 Å². The molecule has 0 saturated carbocycles. The number of hydrogen-bond donors (Lipinski definition) is 0. The normalized spacial score (nSPS) is 42.4. The van der Waals surface area contributed by atoms with Crippen molar-refractivity contribution in [2.45, 2.75) is 12.8 Å². The van der Waals surface area contributed by atoms with Gasteiger partial charge in [0.05, 0.1) is 5.68 Å². The molecule has 0 aliphatic carbocycles. The molecule has 3 fully saturated rings. The van der Waals surface area contributed by atoms with Gasteiger partial charge in [-0.05, 0) is 31.8 Å². The van der Waals surface area contributed by atoms with Crippen LogP contribution in [-0.2, 0) is 4.79 Å². The first kappa shape index (κ1) is 7.35. The maximum absolute atomic E-state index is 10.9. The molecule has 11 heavy (non-hydrogen) atoms. The molecule has 58 valence electrons. The summed E-state index contributed by atoms with van der Waals surface area (Å²) in [4.78, 5) is 13.3. The van der Waals surface area contributed by atoms with Crippen LogP contribution in [0.4, 0.5) is 0 Å². The van der Waals surface area contributed by atoms with Gasteiger partial charge in [0.2, 0.25) is 0 Å². The van der Waals surface area contributed by atoms with Gasteiger partial charge in [-0.15, -0.1) is 0 Å². The highest BCUT2D eigenvalue weighted by Crippen LogP contribution is 2.31. The summed E-state index contributed by atoms with van der Waals surface area (Å²) in [6.07, 6.45) is 2.35. The zero-order valence-electron chi connectivity index (χ0n) is 6.62. The lowest BCUT2D eigenvalue weighted by Gasteiger charge is -2.44. The van der Waals surface area contributed by atoms with Gasteiger partial charge in [-0.2, -0.15) is 0 Å². The smallest absolute Gasteiger partial charge is 0.168 e. The number of carbonyl (C=O) groups is 1. The molecule has 0 aromatic carbocycles. The number of nitrogens with zero attached hydrogens (tertiary/aromatic N) is 1. The van der Waals surface area contributed by atoms with E-state index in [1.54, 1.807) is 0 Å². The quantitative estimate of drug-likeness (QED) is 0.490. The summed E-state index contributed by atoms with van der Waals surface area (Å²) < 4.78 is 0. The van der Waals surface area contributed by atoms with Crippen LogP contribution in [0.1, 0.15) is 12.8 Å². The van der Waals surface area contributed by atoms with Crippen LogP contribution in [0.15, 0.2) is 0 Å². The fourth-order valence-corrected chi connectivity index (χ4v) is 2.29. The Morgan fingerprint density at radius 3 is 2.27 bits per heavy atom. The second-order valence-electron chi connectivity index (χ2n) is 3.65. The van der Waals surface area contributed by atoms with Gasteiger partial charge in [0.1, 0.15) is 0 Å². The minimum absolute atomic E-state index is 0.0978. The Kier molecular flexibility index (Phi) is 1.76. The number of rotatable bonds is 1. The molecule has 0 aromatic heterocycles. The molecule has 1 atom stereocenters. The fourth-order valence-electron chi connectivity index (χ4n) is 2.29. The summed E-state index contributed by atoms with van der Waals surface area (Å²) in [5, 5.41) is 0. The second kappa shape index (κ2) is 2.63. The molecule has 3 aliphatic rings. The van der Waals surface area contributed by atoms with Crippen molar-refractivity contribution in [1.29, 1.82) is 0 Å². The molecule has 2 bridgehead atoms. The van der Waals surface area contributed by atoms with Gasteiger partial charge < -0.3 is 9.69 Å². The van der Waals surface area contributed by atoms with Crippen LogP contribution in [0.25, 0.3) is 0 Å². The summed E-state index contributed by atoms with van der Waals surface area (Å²) in [7, 11) is 5.29. The Labute approximate surface area is 68.4 Å². The molecule has 2 nitrogen and oxygen atoms in total. The van der Waals surface area contributed by atoms with Crippen molar-refractivity contribution in [2.24, 2.45) is 11.8 Å². The van der Waals surface area contributed by atoms with Gasteiger partial charge in [0.15, 0.2) is 7.85 Å². The average Bonchev–Trinajstić information content (AvgIpc) is 2.06. The number of fused-ring (bicyclic) bond motifs is 3. The molecular formula is C8H12BNO. The molecule has 3 saturated heterocycles. The summed E-state index contributed by atoms with van der Waals surface area (Å²) in [6.45, 7) is 3.27. The van der Waals surface area contributed by atoms with E-state index in [2.05, 4.69) is 4.90 Å². The zero-order chi connectivity index (χ0) is 7.84. The van der Waals surface area contributed by atoms with E-state index < -0.39 is 0 Å². The summed E-state index contributed by atoms with van der Waals surface area (Å²) in [5.74, 6) is 0.745. The Morgan fingerprint density at radius 2 is 2.00 bits per heavy atom. The van der Waals surface area contributed by atoms with Gasteiger partial charge in [0.25, 0.3) is 0 Å². The van der Waals surface area contributed by atoms with Gasteiger partial charge in [-0.1, -0.05) is 0 Å². The minimum atomic E-state index is -0.0978. The SMILES string of the molecule is [B]C(=O)C1CN2CCC1CC2. The van der Waals surface area contributed by atoms with Crippen molar-refractivity contribution in [2.75, 3.05) is 19.6 Å². The number of hydrogen-bond acceptors (Lipinski definition) is 2. The van der Waals surface area contributed by atoms with Crippen LogP contribution in [-0.4, -0.2) is 38.1 Å². The summed E-state index contributed by atoms with van der Waals surface area (Å²) >= 11 is 0. The molecule has 1 unspecified atom stereocenters. The lowest BCUT2D eigenvalue weighted by molar-refractivity contribution is -0.120. The Hall–Kier alpha value is -0.305. The molecule has 2 radical (unpaired) electrons. The summed E-state index contributed by atoms with van der Waals surface area (Å²) in [5.41, 5.74) is -0.0978. The molecule has 3 rings (SSSR count). The van der Waals surface area contributed by atoms with E-state index in [0.717, 1.165) is 6.54 Å². The molecule has 0 spiro atoms. The van der Waals surface area contributed by atoms with Crippen LogP contribution in [0.3, 0.4) is 0 Å². The third kappa shape index (κ3) is 1.22. The van der Waals surface area contributed by atoms with E-state index >= 15 is 0 Å². The third-order valence-electron chi connectivity index (χ3n) is 3.02. The van der Waals surface area contributed by atoms with E-state index in [9.17, 15) is 4.79 Å². The first-order chi connectivity index (χ1) is 5.27. The molecule has 3 heteroatoms. The van der Waals surface area contributed by atoms with Gasteiger partial charge in [-0.25, -0.2) is 0 Å². The lowest BCUT2D eigenvalue weighted by Crippen LogP contribution is -2.50.